The largest absolute Gasteiger partial charge is 0.336 e. The van der Waals surface area contributed by atoms with Crippen LogP contribution in [-0.4, -0.2) is 45.0 Å². The summed E-state index contributed by atoms with van der Waals surface area (Å²) in [4.78, 5) is 31.2. The molecule has 0 radical (unpaired) electrons. The number of hydrogen-bond acceptors (Lipinski definition) is 4. The smallest absolute Gasteiger partial charge is 0.274 e. The van der Waals surface area contributed by atoms with Gasteiger partial charge in [-0.25, -0.2) is 4.98 Å². The average Bonchev–Trinajstić information content (AvgIpc) is 3.26. The lowest BCUT2D eigenvalue weighted by Crippen LogP contribution is -2.44. The van der Waals surface area contributed by atoms with E-state index in [9.17, 15) is 9.59 Å². The second kappa shape index (κ2) is 6.66. The van der Waals surface area contributed by atoms with E-state index in [0.29, 0.717) is 24.6 Å². The van der Waals surface area contributed by atoms with Crippen LogP contribution < -0.4 is 5.32 Å². The number of aromatic amines is 1. The van der Waals surface area contributed by atoms with E-state index in [1.54, 1.807) is 23.2 Å². The van der Waals surface area contributed by atoms with Crippen molar-refractivity contribution >= 4 is 17.6 Å². The van der Waals surface area contributed by atoms with E-state index in [0.717, 1.165) is 43.4 Å². The minimum Gasteiger partial charge on any atom is -0.336 e. The molecule has 1 aliphatic heterocycles. The molecule has 7 heteroatoms. The van der Waals surface area contributed by atoms with Crippen LogP contribution in [0.1, 0.15) is 41.0 Å². The quantitative estimate of drug-likeness (QED) is 0.892. The molecule has 2 aliphatic rings. The van der Waals surface area contributed by atoms with Gasteiger partial charge in [0.2, 0.25) is 5.91 Å². The number of hydrogen-bond donors (Lipinski definition) is 2. The van der Waals surface area contributed by atoms with E-state index < -0.39 is 0 Å². The molecule has 0 bridgehead atoms. The number of anilines is 1. The Morgan fingerprint density at radius 3 is 3.00 bits per heavy atom. The number of aryl methyl sites for hydroxylation is 1. The summed E-state index contributed by atoms with van der Waals surface area (Å²) in [6.45, 7) is 1.10. The number of nitrogens with one attached hydrogen (secondary N) is 2. The molecule has 0 spiro atoms. The third-order valence-corrected chi connectivity index (χ3v) is 5.00. The van der Waals surface area contributed by atoms with Crippen molar-refractivity contribution in [3.8, 4) is 0 Å². The number of nitrogens with zero attached hydrogens (tertiary/aromatic N) is 3. The van der Waals surface area contributed by atoms with Gasteiger partial charge in [-0.15, -0.1) is 0 Å². The highest BCUT2D eigenvalue weighted by molar-refractivity contribution is 5.96. The maximum Gasteiger partial charge on any atom is 0.274 e. The third-order valence-electron chi connectivity index (χ3n) is 5.00. The monoisotopic (exact) mass is 339 g/mol. The lowest BCUT2D eigenvalue weighted by Gasteiger charge is -2.31. The van der Waals surface area contributed by atoms with Gasteiger partial charge in [0.05, 0.1) is 5.92 Å². The van der Waals surface area contributed by atoms with Gasteiger partial charge >= 0.3 is 0 Å². The van der Waals surface area contributed by atoms with Gasteiger partial charge in [-0.1, -0.05) is 6.07 Å². The number of H-pyrrole nitrogens is 1. The first-order valence-electron chi connectivity index (χ1n) is 8.79. The number of pyridine rings is 1. The van der Waals surface area contributed by atoms with Gasteiger partial charge in [0.25, 0.3) is 5.91 Å². The zero-order chi connectivity index (χ0) is 17.2. The Balaban J connectivity index is 1.43. The molecule has 2 N–H and O–H groups in total. The molecule has 1 atom stereocenters. The lowest BCUT2D eigenvalue weighted by atomic mass is 9.96. The highest BCUT2D eigenvalue weighted by Gasteiger charge is 2.32. The van der Waals surface area contributed by atoms with Crippen LogP contribution in [0.5, 0.6) is 0 Å². The van der Waals surface area contributed by atoms with Gasteiger partial charge in [0, 0.05) is 30.5 Å². The maximum atomic E-state index is 12.8. The van der Waals surface area contributed by atoms with Crippen molar-refractivity contribution in [2.24, 2.45) is 5.92 Å². The van der Waals surface area contributed by atoms with Gasteiger partial charge in [0.1, 0.15) is 5.82 Å². The van der Waals surface area contributed by atoms with Crippen LogP contribution in [0.15, 0.2) is 24.4 Å². The predicted octanol–water partition coefficient (Wildman–Crippen LogP) is 1.78. The van der Waals surface area contributed by atoms with Crippen molar-refractivity contribution in [1.82, 2.24) is 20.1 Å². The van der Waals surface area contributed by atoms with Crippen LogP contribution in [0.25, 0.3) is 0 Å². The molecule has 25 heavy (non-hydrogen) atoms. The summed E-state index contributed by atoms with van der Waals surface area (Å²) in [7, 11) is 0. The summed E-state index contributed by atoms with van der Waals surface area (Å²) >= 11 is 0. The summed E-state index contributed by atoms with van der Waals surface area (Å²) in [6, 6.07) is 5.40. The molecule has 2 aromatic heterocycles. The van der Waals surface area contributed by atoms with Crippen LogP contribution in [0.3, 0.4) is 0 Å². The molecule has 7 nitrogen and oxygen atoms in total. The Morgan fingerprint density at radius 1 is 1.24 bits per heavy atom. The van der Waals surface area contributed by atoms with Crippen LogP contribution in [0, 0.1) is 5.92 Å². The van der Waals surface area contributed by atoms with E-state index in [1.165, 1.54) is 0 Å². The van der Waals surface area contributed by atoms with Gasteiger partial charge in [-0.05, 0) is 44.2 Å². The molecule has 0 saturated carbocycles. The zero-order valence-electron chi connectivity index (χ0n) is 14.0. The van der Waals surface area contributed by atoms with Crippen LogP contribution in [-0.2, 0) is 17.6 Å². The van der Waals surface area contributed by atoms with E-state index >= 15 is 0 Å². The molecule has 1 aliphatic carbocycles. The van der Waals surface area contributed by atoms with E-state index in [1.807, 2.05) is 6.07 Å². The number of carbonyl (C=O) groups excluding carboxylic acids is 2. The predicted molar refractivity (Wildman–Crippen MR) is 92.1 cm³/mol. The summed E-state index contributed by atoms with van der Waals surface area (Å²) in [5.41, 5.74) is 2.69. The Morgan fingerprint density at radius 2 is 2.16 bits per heavy atom. The van der Waals surface area contributed by atoms with Crippen molar-refractivity contribution in [2.75, 3.05) is 18.4 Å². The highest BCUT2D eigenvalue weighted by atomic mass is 16.2. The summed E-state index contributed by atoms with van der Waals surface area (Å²) < 4.78 is 0. The van der Waals surface area contributed by atoms with E-state index in [2.05, 4.69) is 20.5 Å². The van der Waals surface area contributed by atoms with Gasteiger partial charge in [0.15, 0.2) is 5.69 Å². The van der Waals surface area contributed by atoms with Crippen molar-refractivity contribution in [1.29, 1.82) is 0 Å². The third kappa shape index (κ3) is 3.14. The van der Waals surface area contributed by atoms with Crippen molar-refractivity contribution in [2.45, 2.75) is 32.1 Å². The second-order valence-corrected chi connectivity index (χ2v) is 6.68. The first-order chi connectivity index (χ1) is 12.2. The van der Waals surface area contributed by atoms with Crippen LogP contribution >= 0.6 is 0 Å². The SMILES string of the molecule is O=C(Nc1ccccn1)[C@H]1CCCN(C(=O)c2n[nH]c3c2CCC3)C1. The molecular formula is C18H21N5O2. The zero-order valence-corrected chi connectivity index (χ0v) is 14.0. The summed E-state index contributed by atoms with van der Waals surface area (Å²) in [6.07, 6.45) is 6.18. The molecule has 2 aromatic rings. The Kier molecular flexibility index (Phi) is 4.21. The van der Waals surface area contributed by atoms with Crippen LogP contribution in [0.4, 0.5) is 5.82 Å². The molecule has 0 aromatic carbocycles. The molecule has 2 amide bonds. The lowest BCUT2D eigenvalue weighted by molar-refractivity contribution is -0.121. The first kappa shape index (κ1) is 15.8. The number of amides is 2. The number of carbonyl (C=O) groups is 2. The van der Waals surface area contributed by atoms with Gasteiger partial charge in [-0.2, -0.15) is 5.10 Å². The van der Waals surface area contributed by atoms with Gasteiger partial charge < -0.3 is 10.2 Å². The van der Waals surface area contributed by atoms with E-state index in [4.69, 9.17) is 0 Å². The average molecular weight is 339 g/mol. The summed E-state index contributed by atoms with van der Waals surface area (Å²) in [5, 5.41) is 10.0. The number of fused-ring (bicyclic) bond motifs is 1. The topological polar surface area (TPSA) is 91.0 Å². The second-order valence-electron chi connectivity index (χ2n) is 6.68. The first-order valence-corrected chi connectivity index (χ1v) is 8.79. The molecule has 0 unspecified atom stereocenters. The maximum absolute atomic E-state index is 12.8. The summed E-state index contributed by atoms with van der Waals surface area (Å²) in [5.74, 6) is 0.186. The molecule has 4 rings (SSSR count). The Hall–Kier alpha value is -2.70. The fraction of sp³-hybridized carbons (Fsp3) is 0.444. The fourth-order valence-corrected chi connectivity index (χ4v) is 3.69. The molecule has 1 fully saturated rings. The number of likely N-dealkylation sites (tertiary alicyclic amines) is 1. The number of rotatable bonds is 3. The van der Waals surface area contributed by atoms with Crippen molar-refractivity contribution < 1.29 is 9.59 Å². The standard InChI is InChI=1S/C18H21N5O2/c24-17(20-15-8-1-2-9-19-15)12-5-4-10-23(11-12)18(25)16-13-6-3-7-14(13)21-22-16/h1-2,8-9,12H,3-7,10-11H2,(H,21,22)(H,19,20,24)/t12-/m0/s1. The van der Waals surface area contributed by atoms with Gasteiger partial charge in [-0.3, -0.25) is 14.7 Å². The fourth-order valence-electron chi connectivity index (χ4n) is 3.69. The minimum atomic E-state index is -0.216. The molecule has 3 heterocycles. The van der Waals surface area contributed by atoms with Crippen molar-refractivity contribution in [3.63, 3.8) is 0 Å². The highest BCUT2D eigenvalue weighted by Crippen LogP contribution is 2.26. The molecule has 130 valence electrons. The van der Waals surface area contributed by atoms with Crippen LogP contribution in [0.2, 0.25) is 0 Å². The minimum absolute atomic E-state index is 0.0604. The number of piperidine rings is 1. The Labute approximate surface area is 145 Å². The molecular weight excluding hydrogens is 318 g/mol. The molecule has 1 saturated heterocycles. The Bertz CT molecular complexity index is 786. The number of aromatic nitrogens is 3. The normalized spacial score (nSPS) is 19.5. The van der Waals surface area contributed by atoms with Crippen molar-refractivity contribution in [3.05, 3.63) is 41.3 Å². The van der Waals surface area contributed by atoms with E-state index in [-0.39, 0.29) is 17.7 Å².